The van der Waals surface area contributed by atoms with E-state index in [1.54, 1.807) is 14.0 Å². The van der Waals surface area contributed by atoms with Crippen molar-refractivity contribution in [2.24, 2.45) is 7.05 Å². The number of aromatic nitrogens is 2. The van der Waals surface area contributed by atoms with Crippen LogP contribution in [0.25, 0.3) is 0 Å². The number of rotatable bonds is 2. The van der Waals surface area contributed by atoms with Crippen LogP contribution >= 0.6 is 0 Å². The molecular weight excluding hydrogens is 216 g/mol. The van der Waals surface area contributed by atoms with Gasteiger partial charge in [0, 0.05) is 24.7 Å². The van der Waals surface area contributed by atoms with E-state index < -0.39 is 0 Å². The van der Waals surface area contributed by atoms with Crippen LogP contribution in [0.1, 0.15) is 16.8 Å². The molecule has 0 spiro atoms. The molecule has 1 aromatic carbocycles. The predicted octanol–water partition coefficient (Wildman–Crippen LogP) is 0.973. The molecule has 4 heteroatoms. The number of nitrogens with zero attached hydrogens (tertiary/aromatic N) is 1. The fourth-order valence-corrected chi connectivity index (χ4v) is 1.78. The van der Waals surface area contributed by atoms with Crippen LogP contribution in [0.15, 0.2) is 39.9 Å². The fourth-order valence-electron chi connectivity index (χ4n) is 1.78. The van der Waals surface area contributed by atoms with Crippen LogP contribution in [-0.2, 0) is 13.5 Å². The van der Waals surface area contributed by atoms with Gasteiger partial charge in [0.1, 0.15) is 0 Å². The average molecular weight is 230 g/mol. The highest BCUT2D eigenvalue weighted by atomic mass is 16.2. The van der Waals surface area contributed by atoms with E-state index in [4.69, 9.17) is 0 Å². The minimum absolute atomic E-state index is 0.297. The molecular formula is C13H14N2O2. The Bertz CT molecular complexity index is 639. The van der Waals surface area contributed by atoms with Gasteiger partial charge in [-0.15, -0.1) is 0 Å². The van der Waals surface area contributed by atoms with Crippen molar-refractivity contribution in [3.8, 4) is 0 Å². The van der Waals surface area contributed by atoms with E-state index in [1.165, 1.54) is 4.57 Å². The SMILES string of the molecule is Cc1c(Cc2ccccc2)c(=O)[nH]c(=O)n1C. The molecule has 4 nitrogen and oxygen atoms in total. The lowest BCUT2D eigenvalue weighted by Gasteiger charge is -2.08. The van der Waals surface area contributed by atoms with E-state index in [9.17, 15) is 9.59 Å². The first-order valence-electron chi connectivity index (χ1n) is 5.42. The highest BCUT2D eigenvalue weighted by molar-refractivity contribution is 5.26. The van der Waals surface area contributed by atoms with Crippen LogP contribution in [0.3, 0.4) is 0 Å². The van der Waals surface area contributed by atoms with Gasteiger partial charge in [-0.1, -0.05) is 30.3 Å². The summed E-state index contributed by atoms with van der Waals surface area (Å²) in [4.78, 5) is 25.4. The Morgan fingerprint density at radius 3 is 2.47 bits per heavy atom. The summed E-state index contributed by atoms with van der Waals surface area (Å²) in [5.41, 5.74) is 1.74. The molecule has 0 saturated carbocycles. The highest BCUT2D eigenvalue weighted by Crippen LogP contribution is 2.07. The van der Waals surface area contributed by atoms with Crippen LogP contribution in [-0.4, -0.2) is 9.55 Å². The van der Waals surface area contributed by atoms with E-state index in [0.29, 0.717) is 17.7 Å². The lowest BCUT2D eigenvalue weighted by atomic mass is 10.1. The molecule has 0 aliphatic rings. The van der Waals surface area contributed by atoms with Crippen LogP contribution < -0.4 is 11.2 Å². The minimum Gasteiger partial charge on any atom is -0.301 e. The largest absolute Gasteiger partial charge is 0.328 e. The van der Waals surface area contributed by atoms with Crippen molar-refractivity contribution in [3.63, 3.8) is 0 Å². The topological polar surface area (TPSA) is 54.9 Å². The van der Waals surface area contributed by atoms with Crippen molar-refractivity contribution in [2.45, 2.75) is 13.3 Å². The minimum atomic E-state index is -0.371. The first-order chi connectivity index (χ1) is 8.09. The van der Waals surface area contributed by atoms with E-state index in [-0.39, 0.29) is 11.2 Å². The molecule has 0 aliphatic heterocycles. The van der Waals surface area contributed by atoms with Crippen molar-refractivity contribution in [2.75, 3.05) is 0 Å². The Labute approximate surface area is 98.6 Å². The molecule has 1 heterocycles. The molecule has 0 bridgehead atoms. The number of hydrogen-bond acceptors (Lipinski definition) is 2. The molecule has 2 rings (SSSR count). The van der Waals surface area contributed by atoms with E-state index in [1.807, 2.05) is 30.3 Å². The maximum absolute atomic E-state index is 11.7. The third-order valence-electron chi connectivity index (χ3n) is 2.96. The number of hydrogen-bond donors (Lipinski definition) is 1. The van der Waals surface area contributed by atoms with Crippen molar-refractivity contribution in [3.05, 3.63) is 68.0 Å². The first kappa shape index (κ1) is 11.4. The molecule has 17 heavy (non-hydrogen) atoms. The molecule has 0 fully saturated rings. The van der Waals surface area contributed by atoms with E-state index in [2.05, 4.69) is 4.98 Å². The molecule has 0 atom stereocenters. The fraction of sp³-hybridized carbons (Fsp3) is 0.231. The Morgan fingerprint density at radius 2 is 1.82 bits per heavy atom. The van der Waals surface area contributed by atoms with Crippen LogP contribution in [0.4, 0.5) is 0 Å². The maximum Gasteiger partial charge on any atom is 0.328 e. The van der Waals surface area contributed by atoms with Crippen LogP contribution in [0, 0.1) is 6.92 Å². The third-order valence-corrected chi connectivity index (χ3v) is 2.96. The molecule has 0 aliphatic carbocycles. The second kappa shape index (κ2) is 4.41. The Kier molecular flexibility index (Phi) is 2.95. The number of benzene rings is 1. The molecule has 0 radical (unpaired) electrons. The summed E-state index contributed by atoms with van der Waals surface area (Å²) in [6.07, 6.45) is 0.538. The van der Waals surface area contributed by atoms with E-state index >= 15 is 0 Å². The van der Waals surface area contributed by atoms with Gasteiger partial charge < -0.3 is 4.57 Å². The Morgan fingerprint density at radius 1 is 1.18 bits per heavy atom. The number of aromatic amines is 1. The highest BCUT2D eigenvalue weighted by Gasteiger charge is 2.09. The number of nitrogens with one attached hydrogen (secondary N) is 1. The quantitative estimate of drug-likeness (QED) is 0.835. The summed E-state index contributed by atoms with van der Waals surface area (Å²) in [5, 5.41) is 0. The van der Waals surface area contributed by atoms with Crippen molar-refractivity contribution in [1.29, 1.82) is 0 Å². The van der Waals surface area contributed by atoms with Gasteiger partial charge in [-0.05, 0) is 12.5 Å². The lowest BCUT2D eigenvalue weighted by molar-refractivity contribution is 0.746. The van der Waals surface area contributed by atoms with Gasteiger partial charge in [0.15, 0.2) is 0 Å². The predicted molar refractivity (Wildman–Crippen MR) is 66.3 cm³/mol. The van der Waals surface area contributed by atoms with Crippen molar-refractivity contribution >= 4 is 0 Å². The summed E-state index contributed by atoms with van der Waals surface area (Å²) < 4.78 is 1.46. The van der Waals surface area contributed by atoms with Gasteiger partial charge in [-0.3, -0.25) is 9.78 Å². The average Bonchev–Trinajstić information content (AvgIpc) is 2.33. The molecule has 0 unspecified atom stereocenters. The van der Waals surface area contributed by atoms with Crippen molar-refractivity contribution < 1.29 is 0 Å². The van der Waals surface area contributed by atoms with Gasteiger partial charge in [0.2, 0.25) is 0 Å². The lowest BCUT2D eigenvalue weighted by Crippen LogP contribution is -2.32. The van der Waals surface area contributed by atoms with E-state index in [0.717, 1.165) is 5.56 Å². The third kappa shape index (κ3) is 2.20. The molecule has 2 aromatic rings. The van der Waals surface area contributed by atoms with Gasteiger partial charge in [0.05, 0.1) is 0 Å². The molecule has 0 saturated heterocycles. The van der Waals surface area contributed by atoms with Gasteiger partial charge >= 0.3 is 5.69 Å². The molecule has 1 N–H and O–H groups in total. The number of H-pyrrole nitrogens is 1. The first-order valence-corrected chi connectivity index (χ1v) is 5.42. The summed E-state index contributed by atoms with van der Waals surface area (Å²) >= 11 is 0. The van der Waals surface area contributed by atoms with Crippen LogP contribution in [0.2, 0.25) is 0 Å². The zero-order chi connectivity index (χ0) is 12.4. The van der Waals surface area contributed by atoms with Crippen molar-refractivity contribution in [1.82, 2.24) is 9.55 Å². The summed E-state index contributed by atoms with van der Waals surface area (Å²) in [5.74, 6) is 0. The van der Waals surface area contributed by atoms with Gasteiger partial charge in [-0.25, -0.2) is 4.79 Å². The molecule has 88 valence electrons. The standard InChI is InChI=1S/C13H14N2O2/c1-9-11(8-10-6-4-3-5-7-10)12(16)14-13(17)15(9)2/h3-7H,8H2,1-2H3,(H,14,16,17). The Balaban J connectivity index is 2.51. The van der Waals surface area contributed by atoms with Gasteiger partial charge in [0.25, 0.3) is 5.56 Å². The second-order valence-electron chi connectivity index (χ2n) is 4.04. The molecule has 0 amide bonds. The zero-order valence-corrected chi connectivity index (χ0v) is 9.86. The van der Waals surface area contributed by atoms with Gasteiger partial charge in [-0.2, -0.15) is 0 Å². The maximum atomic E-state index is 11.7. The zero-order valence-electron chi connectivity index (χ0n) is 9.86. The van der Waals surface area contributed by atoms with Crippen LogP contribution in [0.5, 0.6) is 0 Å². The smallest absolute Gasteiger partial charge is 0.301 e. The Hall–Kier alpha value is -2.10. The second-order valence-corrected chi connectivity index (χ2v) is 4.04. The molecule has 1 aromatic heterocycles. The summed E-state index contributed by atoms with van der Waals surface area (Å²) in [7, 11) is 1.65. The summed E-state index contributed by atoms with van der Waals surface area (Å²) in [6.45, 7) is 1.79. The summed E-state index contributed by atoms with van der Waals surface area (Å²) in [6, 6.07) is 9.72. The monoisotopic (exact) mass is 230 g/mol. The normalized spacial score (nSPS) is 10.5.